The van der Waals surface area contributed by atoms with Gasteiger partial charge in [-0.1, -0.05) is 36.7 Å². The summed E-state index contributed by atoms with van der Waals surface area (Å²) in [7, 11) is 6.25. The highest BCUT2D eigenvalue weighted by atomic mass is 35.5. The molecule has 0 spiro atoms. The largest absolute Gasteiger partial charge is 0.373 e. The van der Waals surface area contributed by atoms with E-state index < -0.39 is 0 Å². The number of likely N-dealkylation sites (N-methyl/N-ethyl adjacent to an activating group) is 2. The Morgan fingerprint density at radius 1 is 1.11 bits per heavy atom. The first kappa shape index (κ1) is 31.5. The van der Waals surface area contributed by atoms with Gasteiger partial charge in [0.2, 0.25) is 11.9 Å². The van der Waals surface area contributed by atoms with E-state index in [0.29, 0.717) is 47.3 Å². The van der Waals surface area contributed by atoms with Crippen LogP contribution in [0.2, 0.25) is 5.02 Å². The summed E-state index contributed by atoms with van der Waals surface area (Å²) in [5.74, 6) is 0.495. The van der Waals surface area contributed by atoms with Crippen molar-refractivity contribution in [2.75, 3.05) is 57.5 Å². The van der Waals surface area contributed by atoms with E-state index in [2.05, 4.69) is 60.3 Å². The summed E-state index contributed by atoms with van der Waals surface area (Å²) >= 11 is 6.62. The Kier molecular flexibility index (Phi) is 9.56. The zero-order valence-corrected chi connectivity index (χ0v) is 27.3. The van der Waals surface area contributed by atoms with Gasteiger partial charge in [0.05, 0.1) is 11.6 Å². The van der Waals surface area contributed by atoms with Crippen molar-refractivity contribution in [2.24, 2.45) is 0 Å². The van der Waals surface area contributed by atoms with Crippen LogP contribution in [0.1, 0.15) is 43.4 Å². The molecule has 232 valence electrons. The van der Waals surface area contributed by atoms with Gasteiger partial charge in [0, 0.05) is 73.2 Å². The van der Waals surface area contributed by atoms with Gasteiger partial charge in [-0.25, -0.2) is 4.98 Å². The molecule has 3 heterocycles. The quantitative estimate of drug-likeness (QED) is 0.245. The lowest BCUT2D eigenvalue weighted by Gasteiger charge is -2.34. The SMILES string of the molecule is CCC(=O)N1CCCC(n2c(=O)c(-c3ccccc3Cl)c(C)c3cnc(Nc4ccc(N(C)CCN(C)C)c(C)c4)nc32)C1. The number of piperidine rings is 1. The summed E-state index contributed by atoms with van der Waals surface area (Å²) in [5.41, 5.74) is 5.54. The zero-order chi connectivity index (χ0) is 31.5. The van der Waals surface area contributed by atoms with Crippen LogP contribution in [0.4, 0.5) is 17.3 Å². The van der Waals surface area contributed by atoms with Crippen LogP contribution in [-0.4, -0.2) is 77.6 Å². The van der Waals surface area contributed by atoms with E-state index in [-0.39, 0.29) is 17.5 Å². The van der Waals surface area contributed by atoms with Gasteiger partial charge in [-0.15, -0.1) is 0 Å². The number of anilines is 3. The molecule has 5 rings (SSSR count). The van der Waals surface area contributed by atoms with E-state index >= 15 is 0 Å². The number of rotatable bonds is 9. The number of aromatic nitrogens is 3. The maximum absolute atomic E-state index is 14.4. The lowest BCUT2D eigenvalue weighted by molar-refractivity contribution is -0.132. The van der Waals surface area contributed by atoms with E-state index in [1.54, 1.807) is 16.8 Å². The van der Waals surface area contributed by atoms with Gasteiger partial charge < -0.3 is 20.0 Å². The molecule has 1 unspecified atom stereocenters. The number of aryl methyl sites for hydroxylation is 2. The highest BCUT2D eigenvalue weighted by Gasteiger charge is 2.29. The Bertz CT molecular complexity index is 1740. The first-order valence-corrected chi connectivity index (χ1v) is 15.6. The summed E-state index contributed by atoms with van der Waals surface area (Å²) < 4.78 is 1.77. The van der Waals surface area contributed by atoms with Crippen molar-refractivity contribution in [1.82, 2.24) is 24.3 Å². The van der Waals surface area contributed by atoms with Gasteiger partial charge in [0.15, 0.2) is 0 Å². The minimum absolute atomic E-state index is 0.0913. The molecule has 9 nitrogen and oxygen atoms in total. The topological polar surface area (TPSA) is 86.6 Å². The fourth-order valence-electron chi connectivity index (χ4n) is 6.09. The Hall–Kier alpha value is -3.95. The van der Waals surface area contributed by atoms with Crippen molar-refractivity contribution in [3.63, 3.8) is 0 Å². The number of halogens is 1. The van der Waals surface area contributed by atoms with Gasteiger partial charge in [-0.05, 0) is 76.2 Å². The highest BCUT2D eigenvalue weighted by Crippen LogP contribution is 2.34. The average molecular weight is 616 g/mol. The molecule has 44 heavy (non-hydrogen) atoms. The molecular weight excluding hydrogens is 574 g/mol. The van der Waals surface area contributed by atoms with Crippen molar-refractivity contribution in [2.45, 2.75) is 46.1 Å². The second-order valence-corrected chi connectivity index (χ2v) is 12.3. The molecular formula is C34H42ClN7O2. The molecule has 1 aliphatic heterocycles. The molecule has 2 aromatic carbocycles. The van der Waals surface area contributed by atoms with Crippen LogP contribution in [-0.2, 0) is 4.79 Å². The Balaban J connectivity index is 1.58. The number of carbonyl (C=O) groups excluding carboxylic acids is 1. The van der Waals surface area contributed by atoms with Crippen LogP contribution in [0.15, 0.2) is 53.5 Å². The van der Waals surface area contributed by atoms with Crippen LogP contribution < -0.4 is 15.8 Å². The first-order chi connectivity index (χ1) is 21.1. The number of amides is 1. The fourth-order valence-corrected chi connectivity index (χ4v) is 6.32. The maximum atomic E-state index is 14.4. The number of nitrogens with zero attached hydrogens (tertiary/aromatic N) is 6. The van der Waals surface area contributed by atoms with Crippen molar-refractivity contribution < 1.29 is 4.79 Å². The molecule has 0 radical (unpaired) electrons. The van der Waals surface area contributed by atoms with Gasteiger partial charge >= 0.3 is 0 Å². The molecule has 0 aliphatic carbocycles. The number of fused-ring (bicyclic) bond motifs is 1. The molecule has 2 aromatic heterocycles. The average Bonchev–Trinajstić information content (AvgIpc) is 3.00. The number of carbonyl (C=O) groups is 1. The van der Waals surface area contributed by atoms with E-state index in [1.165, 1.54) is 0 Å². The van der Waals surface area contributed by atoms with E-state index in [0.717, 1.165) is 53.8 Å². The lowest BCUT2D eigenvalue weighted by Crippen LogP contribution is -2.43. The third-order valence-corrected chi connectivity index (χ3v) is 8.84. The predicted octanol–water partition coefficient (Wildman–Crippen LogP) is 6.04. The monoisotopic (exact) mass is 615 g/mol. The third kappa shape index (κ3) is 6.44. The molecule has 10 heteroatoms. The minimum Gasteiger partial charge on any atom is -0.373 e. The van der Waals surface area contributed by atoms with E-state index in [1.807, 2.05) is 43.0 Å². The zero-order valence-electron chi connectivity index (χ0n) is 26.5. The van der Waals surface area contributed by atoms with E-state index in [9.17, 15) is 9.59 Å². The molecule has 1 aliphatic rings. The molecule has 1 fully saturated rings. The van der Waals surface area contributed by atoms with Gasteiger partial charge in [-0.2, -0.15) is 4.98 Å². The van der Waals surface area contributed by atoms with Crippen LogP contribution in [0.3, 0.4) is 0 Å². The number of pyridine rings is 1. The standard InChI is InChI=1S/C34H42ClN7O2/c1-7-30(43)41-16-10-11-25(21-41)42-32-27(23(3)31(33(42)44)26-12-8-9-13-28(26)35)20-36-34(38-32)37-24-14-15-29(22(2)19-24)40(6)18-17-39(4)5/h8-9,12-15,19-20,25H,7,10-11,16-18,21H2,1-6H3,(H,36,37,38). The van der Waals surface area contributed by atoms with E-state index in [4.69, 9.17) is 16.6 Å². The summed E-state index contributed by atoms with van der Waals surface area (Å²) in [6.07, 6.45) is 3.79. The Labute approximate surface area is 264 Å². The summed E-state index contributed by atoms with van der Waals surface area (Å²) in [6, 6.07) is 13.4. The molecule has 0 saturated carbocycles. The normalized spacial score (nSPS) is 15.2. The fraction of sp³-hybridized carbons (Fsp3) is 0.412. The second-order valence-electron chi connectivity index (χ2n) is 11.9. The summed E-state index contributed by atoms with van der Waals surface area (Å²) in [6.45, 7) is 8.93. The molecule has 1 amide bonds. The first-order valence-electron chi connectivity index (χ1n) is 15.3. The predicted molar refractivity (Wildman–Crippen MR) is 180 cm³/mol. The molecule has 1 saturated heterocycles. The number of hydrogen-bond donors (Lipinski definition) is 1. The van der Waals surface area contributed by atoms with Crippen molar-refractivity contribution >= 4 is 45.9 Å². The van der Waals surface area contributed by atoms with Gasteiger partial charge in [-0.3, -0.25) is 14.2 Å². The molecule has 1 N–H and O–H groups in total. The summed E-state index contributed by atoms with van der Waals surface area (Å²) in [4.78, 5) is 43.0. The molecule has 4 aromatic rings. The molecule has 0 bridgehead atoms. The number of benzene rings is 2. The summed E-state index contributed by atoms with van der Waals surface area (Å²) in [5, 5.41) is 4.65. The van der Waals surface area contributed by atoms with Crippen LogP contribution in [0, 0.1) is 13.8 Å². The lowest BCUT2D eigenvalue weighted by atomic mass is 9.98. The Morgan fingerprint density at radius 2 is 1.89 bits per heavy atom. The van der Waals surface area contributed by atoms with Gasteiger partial charge in [0.1, 0.15) is 5.65 Å². The third-order valence-electron chi connectivity index (χ3n) is 8.52. The van der Waals surface area contributed by atoms with Crippen LogP contribution in [0.25, 0.3) is 22.2 Å². The van der Waals surface area contributed by atoms with Crippen LogP contribution in [0.5, 0.6) is 0 Å². The molecule has 1 atom stereocenters. The number of nitrogens with one attached hydrogen (secondary N) is 1. The van der Waals surface area contributed by atoms with Crippen molar-refractivity contribution in [3.8, 4) is 11.1 Å². The minimum atomic E-state index is -0.224. The number of likely N-dealkylation sites (tertiary alicyclic amines) is 1. The highest BCUT2D eigenvalue weighted by molar-refractivity contribution is 6.33. The van der Waals surface area contributed by atoms with Gasteiger partial charge in [0.25, 0.3) is 5.56 Å². The Morgan fingerprint density at radius 3 is 2.59 bits per heavy atom. The smallest absolute Gasteiger partial charge is 0.260 e. The number of hydrogen-bond acceptors (Lipinski definition) is 7. The van der Waals surface area contributed by atoms with Crippen LogP contribution >= 0.6 is 11.6 Å². The van der Waals surface area contributed by atoms with Crippen molar-refractivity contribution in [3.05, 3.63) is 75.2 Å². The maximum Gasteiger partial charge on any atom is 0.260 e. The van der Waals surface area contributed by atoms with Crippen molar-refractivity contribution in [1.29, 1.82) is 0 Å². The second kappa shape index (κ2) is 13.4.